The predicted molar refractivity (Wildman–Crippen MR) is 75.5 cm³/mol. The lowest BCUT2D eigenvalue weighted by atomic mass is 10.2. The summed E-state index contributed by atoms with van der Waals surface area (Å²) in [7, 11) is -2.43. The van der Waals surface area contributed by atoms with Crippen LogP contribution < -0.4 is 15.8 Å². The molecule has 0 aliphatic carbocycles. The van der Waals surface area contributed by atoms with Gasteiger partial charge < -0.3 is 15.4 Å². The Morgan fingerprint density at radius 2 is 2.19 bits per heavy atom. The number of anilines is 1. The van der Waals surface area contributed by atoms with Gasteiger partial charge >= 0.3 is 0 Å². The zero-order chi connectivity index (χ0) is 15.6. The average molecular weight is 316 g/mol. The number of nitrogens with two attached hydrogens (primary N) is 1. The molecule has 1 aliphatic rings. The Hall–Kier alpha value is -1.75. The van der Waals surface area contributed by atoms with Crippen molar-refractivity contribution >= 4 is 21.4 Å². The molecule has 9 nitrogen and oxygen atoms in total. The smallest absolute Gasteiger partial charge is 0.293 e. The highest BCUT2D eigenvalue weighted by Gasteiger charge is 2.29. The van der Waals surface area contributed by atoms with Gasteiger partial charge in [0.05, 0.1) is 22.0 Å². The fraction of sp³-hybridized carbons (Fsp3) is 0.455. The molecule has 116 valence electrons. The van der Waals surface area contributed by atoms with Gasteiger partial charge in [0.2, 0.25) is 10.0 Å². The maximum atomic E-state index is 11.3. The van der Waals surface area contributed by atoms with Gasteiger partial charge in [0.1, 0.15) is 5.69 Å². The van der Waals surface area contributed by atoms with Crippen LogP contribution in [0.25, 0.3) is 0 Å². The van der Waals surface area contributed by atoms with Crippen LogP contribution in [0.3, 0.4) is 0 Å². The second-order valence-electron chi connectivity index (χ2n) is 4.66. The molecular weight excluding hydrogens is 300 g/mol. The number of methoxy groups -OCH3 is 1. The van der Waals surface area contributed by atoms with E-state index in [1.807, 2.05) is 0 Å². The first-order valence-electron chi connectivity index (χ1n) is 6.14. The minimum atomic E-state index is -3.99. The first kappa shape index (κ1) is 15.6. The number of benzene rings is 1. The largest absolute Gasteiger partial charge is 0.378 e. The maximum Gasteiger partial charge on any atom is 0.293 e. The van der Waals surface area contributed by atoms with E-state index in [-0.39, 0.29) is 28.4 Å². The number of nitrogens with zero attached hydrogens (tertiary/aromatic N) is 1. The van der Waals surface area contributed by atoms with E-state index < -0.39 is 14.9 Å². The van der Waals surface area contributed by atoms with E-state index in [2.05, 4.69) is 10.6 Å². The van der Waals surface area contributed by atoms with E-state index >= 15 is 0 Å². The van der Waals surface area contributed by atoms with Crippen LogP contribution in [-0.2, 0) is 14.8 Å². The van der Waals surface area contributed by atoms with E-state index in [0.29, 0.717) is 13.1 Å². The third-order valence-corrected chi connectivity index (χ3v) is 4.21. The maximum absolute atomic E-state index is 11.3. The van der Waals surface area contributed by atoms with E-state index in [1.165, 1.54) is 12.1 Å². The number of rotatable bonds is 5. The van der Waals surface area contributed by atoms with Gasteiger partial charge in [-0.2, -0.15) is 0 Å². The Morgan fingerprint density at radius 3 is 2.76 bits per heavy atom. The van der Waals surface area contributed by atoms with Gasteiger partial charge in [-0.3, -0.25) is 10.1 Å². The van der Waals surface area contributed by atoms with Gasteiger partial charge in [0.15, 0.2) is 0 Å². The number of sulfonamides is 1. The molecule has 4 N–H and O–H groups in total. The Labute approximate surface area is 121 Å². The molecule has 0 amide bonds. The average Bonchev–Trinajstić information content (AvgIpc) is 2.84. The third-order valence-electron chi connectivity index (χ3n) is 3.30. The fourth-order valence-corrected chi connectivity index (χ4v) is 2.74. The molecule has 1 aromatic carbocycles. The second-order valence-corrected chi connectivity index (χ2v) is 6.23. The minimum Gasteiger partial charge on any atom is -0.378 e. The van der Waals surface area contributed by atoms with Crippen LogP contribution in [0.15, 0.2) is 23.1 Å². The monoisotopic (exact) mass is 316 g/mol. The highest BCUT2D eigenvalue weighted by molar-refractivity contribution is 7.89. The van der Waals surface area contributed by atoms with Crippen LogP contribution in [0.5, 0.6) is 0 Å². The van der Waals surface area contributed by atoms with Crippen LogP contribution in [0.2, 0.25) is 0 Å². The van der Waals surface area contributed by atoms with Gasteiger partial charge in [-0.25, -0.2) is 13.6 Å². The first-order valence-corrected chi connectivity index (χ1v) is 7.69. The second kappa shape index (κ2) is 5.93. The molecule has 0 radical (unpaired) electrons. The predicted octanol–water partition coefficient (Wildman–Crippen LogP) is -0.359. The molecule has 2 rings (SSSR count). The summed E-state index contributed by atoms with van der Waals surface area (Å²) in [6, 6.07) is 3.37. The lowest BCUT2D eigenvalue weighted by Crippen LogP contribution is -2.33. The van der Waals surface area contributed by atoms with Gasteiger partial charge in [-0.1, -0.05) is 0 Å². The van der Waals surface area contributed by atoms with E-state index in [4.69, 9.17) is 9.88 Å². The summed E-state index contributed by atoms with van der Waals surface area (Å²) < 4.78 is 27.8. The van der Waals surface area contributed by atoms with Crippen molar-refractivity contribution in [3.63, 3.8) is 0 Å². The molecule has 21 heavy (non-hydrogen) atoms. The van der Waals surface area contributed by atoms with Crippen molar-refractivity contribution in [2.24, 2.45) is 5.14 Å². The summed E-state index contributed by atoms with van der Waals surface area (Å²) in [6.07, 6.45) is -0.123. The van der Waals surface area contributed by atoms with Crippen molar-refractivity contribution in [1.82, 2.24) is 5.32 Å². The Bertz CT molecular complexity index is 648. The standard InChI is InChI=1S/C11H16N4O5S/c1-20-11-6-13-5-9(11)14-8-3-2-7(21(12,18)19)4-10(8)15(16)17/h2-4,9,11,13-14H,5-6H2,1H3,(H2,12,18,19)/t9?,11-/m0/s1. The highest BCUT2D eigenvalue weighted by atomic mass is 32.2. The Kier molecular flexibility index (Phi) is 4.42. The van der Waals surface area contributed by atoms with Crippen LogP contribution >= 0.6 is 0 Å². The molecule has 1 saturated heterocycles. The van der Waals surface area contributed by atoms with Crippen molar-refractivity contribution < 1.29 is 18.1 Å². The lowest BCUT2D eigenvalue weighted by Gasteiger charge is -2.19. The van der Waals surface area contributed by atoms with Gasteiger partial charge in [-0.15, -0.1) is 0 Å². The summed E-state index contributed by atoms with van der Waals surface area (Å²) in [5, 5.41) is 22.2. The molecule has 10 heteroatoms. The SMILES string of the molecule is CO[C@H]1CNCC1Nc1ccc(S(N)(=O)=O)cc1[N+](=O)[O-]. The zero-order valence-corrected chi connectivity index (χ0v) is 12.1. The molecule has 1 fully saturated rings. The summed E-state index contributed by atoms with van der Waals surface area (Å²) in [5.74, 6) is 0. The highest BCUT2D eigenvalue weighted by Crippen LogP contribution is 2.28. The van der Waals surface area contributed by atoms with Gasteiger partial charge in [-0.05, 0) is 12.1 Å². The van der Waals surface area contributed by atoms with Crippen molar-refractivity contribution in [2.75, 3.05) is 25.5 Å². The third kappa shape index (κ3) is 3.47. The van der Waals surface area contributed by atoms with E-state index in [1.54, 1.807) is 7.11 Å². The number of hydrogen-bond acceptors (Lipinski definition) is 7. The number of hydrogen-bond donors (Lipinski definition) is 3. The van der Waals surface area contributed by atoms with Crippen molar-refractivity contribution in [3.05, 3.63) is 28.3 Å². The molecule has 1 unspecified atom stereocenters. The van der Waals surface area contributed by atoms with Gasteiger partial charge in [0, 0.05) is 26.3 Å². The molecule has 1 aliphatic heterocycles. The lowest BCUT2D eigenvalue weighted by molar-refractivity contribution is -0.384. The zero-order valence-electron chi connectivity index (χ0n) is 11.3. The summed E-state index contributed by atoms with van der Waals surface area (Å²) in [4.78, 5) is 10.2. The summed E-state index contributed by atoms with van der Waals surface area (Å²) in [6.45, 7) is 1.23. The Balaban J connectivity index is 2.33. The van der Waals surface area contributed by atoms with Crippen LogP contribution in [0.4, 0.5) is 11.4 Å². The van der Waals surface area contributed by atoms with Gasteiger partial charge in [0.25, 0.3) is 5.69 Å². The molecule has 0 bridgehead atoms. The summed E-state index contributed by atoms with van der Waals surface area (Å²) >= 11 is 0. The van der Waals surface area contributed by atoms with Crippen molar-refractivity contribution in [3.8, 4) is 0 Å². The van der Waals surface area contributed by atoms with E-state index in [0.717, 1.165) is 6.07 Å². The molecule has 0 spiro atoms. The number of nitro groups is 1. The fourth-order valence-electron chi connectivity index (χ4n) is 2.21. The van der Waals surface area contributed by atoms with Crippen molar-refractivity contribution in [2.45, 2.75) is 17.0 Å². The van der Waals surface area contributed by atoms with Crippen LogP contribution in [0.1, 0.15) is 0 Å². The quantitative estimate of drug-likeness (QED) is 0.498. The summed E-state index contributed by atoms with van der Waals surface area (Å²) in [5.41, 5.74) is -0.119. The first-order chi connectivity index (χ1) is 9.82. The van der Waals surface area contributed by atoms with Crippen LogP contribution in [0, 0.1) is 10.1 Å². The molecular formula is C11H16N4O5S. The molecule has 1 aromatic rings. The van der Waals surface area contributed by atoms with Crippen molar-refractivity contribution in [1.29, 1.82) is 0 Å². The molecule has 2 atom stereocenters. The Morgan fingerprint density at radius 1 is 1.48 bits per heavy atom. The molecule has 1 heterocycles. The minimum absolute atomic E-state index is 0.123. The molecule has 0 aromatic heterocycles. The topological polar surface area (TPSA) is 137 Å². The number of nitro benzene ring substituents is 1. The van der Waals surface area contributed by atoms with Crippen LogP contribution in [-0.4, -0.2) is 45.7 Å². The van der Waals surface area contributed by atoms with E-state index in [9.17, 15) is 18.5 Å². The number of nitrogens with one attached hydrogen (secondary N) is 2. The molecule has 0 saturated carbocycles. The number of ether oxygens (including phenoxy) is 1. The number of primary sulfonamides is 1. The normalized spacial score (nSPS) is 22.2.